The summed E-state index contributed by atoms with van der Waals surface area (Å²) in [4.78, 5) is 10.8. The van der Waals surface area contributed by atoms with Crippen molar-refractivity contribution in [3.05, 3.63) is 23.5 Å². The van der Waals surface area contributed by atoms with Crippen LogP contribution in [-0.4, -0.2) is 29.3 Å². The molecule has 2 bridgehead atoms. The number of nitrogen functional groups attached to an aromatic ring is 1. The highest BCUT2D eigenvalue weighted by Crippen LogP contribution is 2.37. The smallest absolute Gasteiger partial charge is 0.338 e. The maximum atomic E-state index is 13.6. The van der Waals surface area contributed by atoms with Crippen LogP contribution in [0, 0.1) is 5.82 Å². The molecule has 1 aromatic carbocycles. The van der Waals surface area contributed by atoms with Crippen molar-refractivity contribution >= 4 is 17.3 Å². The van der Waals surface area contributed by atoms with Gasteiger partial charge in [0.2, 0.25) is 0 Å². The van der Waals surface area contributed by atoms with Gasteiger partial charge in [0, 0.05) is 0 Å². The van der Waals surface area contributed by atoms with Crippen molar-refractivity contribution in [1.82, 2.24) is 0 Å². The van der Waals surface area contributed by atoms with E-state index >= 15 is 0 Å². The summed E-state index contributed by atoms with van der Waals surface area (Å²) in [6, 6.07) is 2.41. The second kappa shape index (κ2) is 4.38. The fraction of sp³-hybridized carbons (Fsp3) is 0.462. The zero-order chi connectivity index (χ0) is 13.6. The Morgan fingerprint density at radius 1 is 1.47 bits per heavy atom. The minimum absolute atomic E-state index is 0.121. The number of hydrogen-bond acceptors (Lipinski definition) is 4. The number of rotatable bonds is 3. The first-order valence-electron chi connectivity index (χ1n) is 6.29. The molecule has 0 aliphatic carbocycles. The normalized spacial score (nSPS) is 28.6. The largest absolute Gasteiger partial charge is 0.478 e. The van der Waals surface area contributed by atoms with Crippen molar-refractivity contribution in [3.8, 4) is 0 Å². The van der Waals surface area contributed by atoms with E-state index in [9.17, 15) is 9.18 Å². The van der Waals surface area contributed by atoms with E-state index in [1.807, 2.05) is 0 Å². The zero-order valence-corrected chi connectivity index (χ0v) is 10.2. The van der Waals surface area contributed by atoms with Crippen LogP contribution < -0.4 is 11.1 Å². The molecule has 19 heavy (non-hydrogen) atoms. The van der Waals surface area contributed by atoms with Crippen molar-refractivity contribution in [2.45, 2.75) is 37.5 Å². The highest BCUT2D eigenvalue weighted by Gasteiger charge is 2.40. The molecule has 0 amide bonds. The molecule has 2 saturated heterocycles. The van der Waals surface area contributed by atoms with Gasteiger partial charge in [-0.3, -0.25) is 0 Å². The Morgan fingerprint density at radius 2 is 2.26 bits per heavy atom. The fourth-order valence-corrected chi connectivity index (χ4v) is 2.87. The van der Waals surface area contributed by atoms with Crippen molar-refractivity contribution in [2.75, 3.05) is 11.1 Å². The summed E-state index contributed by atoms with van der Waals surface area (Å²) in [5, 5.41) is 12.0. The molecule has 2 heterocycles. The number of nitrogens with two attached hydrogens (primary N) is 1. The van der Waals surface area contributed by atoms with E-state index in [-0.39, 0.29) is 23.9 Å². The van der Waals surface area contributed by atoms with Gasteiger partial charge in [0.1, 0.15) is 5.82 Å². The van der Waals surface area contributed by atoms with Gasteiger partial charge < -0.3 is 20.9 Å². The lowest BCUT2D eigenvalue weighted by molar-refractivity contribution is 0.0692. The minimum Gasteiger partial charge on any atom is -0.478 e. The van der Waals surface area contributed by atoms with Gasteiger partial charge in [-0.1, -0.05) is 0 Å². The average Bonchev–Trinajstić information content (AvgIpc) is 2.95. The topological polar surface area (TPSA) is 84.6 Å². The van der Waals surface area contributed by atoms with Crippen LogP contribution in [0.2, 0.25) is 0 Å². The second-order valence-electron chi connectivity index (χ2n) is 5.08. The third-order valence-corrected chi connectivity index (χ3v) is 3.82. The van der Waals surface area contributed by atoms with Crippen LogP contribution in [0.1, 0.15) is 29.6 Å². The number of carboxylic acid groups (broad SMARTS) is 1. The van der Waals surface area contributed by atoms with Crippen molar-refractivity contribution in [3.63, 3.8) is 0 Å². The lowest BCUT2D eigenvalue weighted by Gasteiger charge is -2.22. The first kappa shape index (κ1) is 12.2. The monoisotopic (exact) mass is 266 g/mol. The zero-order valence-electron chi connectivity index (χ0n) is 10.2. The number of halogens is 1. The van der Waals surface area contributed by atoms with Crippen LogP contribution in [0.25, 0.3) is 0 Å². The summed E-state index contributed by atoms with van der Waals surface area (Å²) in [6.45, 7) is 0. The Bertz CT molecular complexity index is 535. The molecule has 2 aliphatic rings. The minimum atomic E-state index is -1.32. The molecule has 1 aromatic rings. The lowest BCUT2D eigenvalue weighted by atomic mass is 9.95. The van der Waals surface area contributed by atoms with Crippen LogP contribution in [-0.2, 0) is 4.74 Å². The molecule has 3 unspecified atom stereocenters. The van der Waals surface area contributed by atoms with Gasteiger partial charge in [-0.2, -0.15) is 0 Å². The van der Waals surface area contributed by atoms with Gasteiger partial charge in [0.15, 0.2) is 0 Å². The Morgan fingerprint density at radius 3 is 2.84 bits per heavy atom. The molecule has 0 saturated carbocycles. The van der Waals surface area contributed by atoms with Gasteiger partial charge >= 0.3 is 5.97 Å². The Balaban J connectivity index is 1.81. The highest BCUT2D eigenvalue weighted by atomic mass is 19.1. The number of carboxylic acids is 1. The van der Waals surface area contributed by atoms with Crippen molar-refractivity contribution in [2.24, 2.45) is 0 Å². The fourth-order valence-electron chi connectivity index (χ4n) is 2.87. The number of ether oxygens (including phenoxy) is 1. The maximum absolute atomic E-state index is 13.6. The molecule has 0 radical (unpaired) electrons. The molecular formula is C13H15FN2O3. The second-order valence-corrected chi connectivity index (χ2v) is 5.08. The number of hydrogen-bond donors (Lipinski definition) is 3. The summed E-state index contributed by atoms with van der Waals surface area (Å²) in [5.74, 6) is -2.10. The van der Waals surface area contributed by atoms with Crippen LogP contribution >= 0.6 is 0 Å². The predicted molar refractivity (Wildman–Crippen MR) is 67.7 cm³/mol. The number of nitrogens with one attached hydrogen (secondary N) is 1. The van der Waals surface area contributed by atoms with Gasteiger partial charge in [-0.05, 0) is 31.4 Å². The molecular weight excluding hydrogens is 251 g/mol. The van der Waals surface area contributed by atoms with Crippen molar-refractivity contribution in [1.29, 1.82) is 0 Å². The van der Waals surface area contributed by atoms with Gasteiger partial charge in [-0.25, -0.2) is 9.18 Å². The molecule has 2 aliphatic heterocycles. The lowest BCUT2D eigenvalue weighted by Crippen LogP contribution is -2.30. The van der Waals surface area contributed by atoms with E-state index in [1.54, 1.807) is 0 Å². The van der Waals surface area contributed by atoms with Crippen LogP contribution in [0.3, 0.4) is 0 Å². The van der Waals surface area contributed by atoms with E-state index < -0.39 is 17.3 Å². The van der Waals surface area contributed by atoms with Gasteiger partial charge in [0.25, 0.3) is 0 Å². The van der Waals surface area contributed by atoms with Gasteiger partial charge in [0.05, 0.1) is 35.2 Å². The van der Waals surface area contributed by atoms with Gasteiger partial charge in [-0.15, -0.1) is 0 Å². The molecule has 102 valence electrons. The molecule has 0 aromatic heterocycles. The van der Waals surface area contributed by atoms with Crippen LogP contribution in [0.5, 0.6) is 0 Å². The third kappa shape index (κ3) is 2.12. The summed E-state index contributed by atoms with van der Waals surface area (Å²) < 4.78 is 19.3. The number of anilines is 2. The number of fused-ring (bicyclic) bond motifs is 2. The molecule has 2 fully saturated rings. The molecule has 4 N–H and O–H groups in total. The average molecular weight is 266 g/mol. The maximum Gasteiger partial charge on any atom is 0.338 e. The highest BCUT2D eigenvalue weighted by molar-refractivity contribution is 5.90. The predicted octanol–water partition coefficient (Wildman–Crippen LogP) is 1.84. The summed E-state index contributed by atoms with van der Waals surface area (Å²) in [5.41, 5.74) is 6.03. The summed E-state index contributed by atoms with van der Waals surface area (Å²) >= 11 is 0. The Labute approximate surface area is 109 Å². The third-order valence-electron chi connectivity index (χ3n) is 3.82. The van der Waals surface area contributed by atoms with E-state index in [1.165, 1.54) is 0 Å². The Kier molecular flexibility index (Phi) is 2.82. The first-order chi connectivity index (χ1) is 9.04. The summed E-state index contributed by atoms with van der Waals surface area (Å²) in [6.07, 6.45) is 3.38. The van der Waals surface area contributed by atoms with E-state index in [0.29, 0.717) is 5.69 Å². The van der Waals surface area contributed by atoms with Crippen LogP contribution in [0.4, 0.5) is 15.8 Å². The summed E-state index contributed by atoms with van der Waals surface area (Å²) in [7, 11) is 0. The van der Waals surface area contributed by atoms with Crippen LogP contribution in [0.15, 0.2) is 12.1 Å². The molecule has 5 nitrogen and oxygen atoms in total. The first-order valence-corrected chi connectivity index (χ1v) is 6.29. The van der Waals surface area contributed by atoms with E-state index in [2.05, 4.69) is 5.32 Å². The van der Waals surface area contributed by atoms with Crippen molar-refractivity contribution < 1.29 is 19.0 Å². The molecule has 6 heteroatoms. The molecule has 3 rings (SSSR count). The van der Waals surface area contributed by atoms with E-state index in [4.69, 9.17) is 15.6 Å². The number of benzene rings is 1. The molecule has 3 atom stereocenters. The Hall–Kier alpha value is -1.82. The SMILES string of the molecule is Nc1cc(C(=O)O)c(F)cc1NC1CC2CCC1O2. The molecule has 0 spiro atoms. The number of aromatic carboxylic acids is 1. The van der Waals surface area contributed by atoms with E-state index in [0.717, 1.165) is 31.4 Å². The standard InChI is InChI=1S/C13H15FN2O3/c14-8-5-10(9(15)4-7(8)13(17)18)16-11-3-6-1-2-12(11)19-6/h4-6,11-12,16H,1-3,15H2,(H,17,18). The quantitative estimate of drug-likeness (QED) is 0.727. The number of carbonyl (C=O) groups is 1.